The second-order valence-corrected chi connectivity index (χ2v) is 6.66. The Bertz CT molecular complexity index is 620. The van der Waals surface area contributed by atoms with Crippen LogP contribution in [-0.2, 0) is 20.7 Å². The molecule has 3 rings (SSSR count). The molecular formula is C17H22FN3O3. The van der Waals surface area contributed by atoms with E-state index in [4.69, 9.17) is 4.74 Å². The molecule has 0 saturated carbocycles. The Labute approximate surface area is 140 Å². The van der Waals surface area contributed by atoms with Gasteiger partial charge in [-0.05, 0) is 30.9 Å². The monoisotopic (exact) mass is 335 g/mol. The third-order valence-corrected chi connectivity index (χ3v) is 4.74. The fourth-order valence-corrected chi connectivity index (χ4v) is 3.38. The number of halogens is 1. The number of aromatic nitrogens is 1. The molecular weight excluding hydrogens is 313 g/mol. The molecule has 0 aliphatic carbocycles. The number of piperidine rings is 1. The fourth-order valence-electron chi connectivity index (χ4n) is 3.38. The number of pyridine rings is 1. The van der Waals surface area contributed by atoms with Crippen LogP contribution in [0, 0.1) is 11.7 Å². The van der Waals surface area contributed by atoms with Crippen molar-refractivity contribution in [2.24, 2.45) is 5.92 Å². The third kappa shape index (κ3) is 3.56. The van der Waals surface area contributed by atoms with Gasteiger partial charge < -0.3 is 14.5 Å². The summed E-state index contributed by atoms with van der Waals surface area (Å²) in [5.74, 6) is -0.147. The lowest BCUT2D eigenvalue weighted by molar-refractivity contribution is -0.142. The predicted octanol–water partition coefficient (Wildman–Crippen LogP) is 0.857. The van der Waals surface area contributed by atoms with Crippen molar-refractivity contribution in [3.8, 4) is 0 Å². The largest absolute Gasteiger partial charge is 0.363 e. The van der Waals surface area contributed by atoms with Crippen LogP contribution in [0.25, 0.3) is 0 Å². The zero-order chi connectivity index (χ0) is 17.3. The average molecular weight is 335 g/mol. The summed E-state index contributed by atoms with van der Waals surface area (Å²) in [5.41, 5.74) is 0.552. The molecule has 2 amide bonds. The highest BCUT2D eigenvalue weighted by Crippen LogP contribution is 2.34. The molecule has 0 bridgehead atoms. The van der Waals surface area contributed by atoms with Crippen molar-refractivity contribution in [1.82, 2.24) is 14.8 Å². The number of ether oxygens (including phenoxy) is 1. The van der Waals surface area contributed by atoms with Gasteiger partial charge in [-0.2, -0.15) is 0 Å². The Hall–Kier alpha value is -2.02. The van der Waals surface area contributed by atoms with Gasteiger partial charge in [0.05, 0.1) is 18.7 Å². The van der Waals surface area contributed by atoms with Crippen molar-refractivity contribution in [2.45, 2.75) is 31.5 Å². The molecule has 1 aromatic heterocycles. The molecule has 1 aromatic rings. The van der Waals surface area contributed by atoms with Gasteiger partial charge >= 0.3 is 0 Å². The summed E-state index contributed by atoms with van der Waals surface area (Å²) in [5, 5.41) is 0. The number of fused-ring (bicyclic) bond motifs is 1. The number of hydrogen-bond donors (Lipinski definition) is 0. The van der Waals surface area contributed by atoms with Gasteiger partial charge in [-0.3, -0.25) is 14.6 Å². The predicted molar refractivity (Wildman–Crippen MR) is 84.6 cm³/mol. The van der Waals surface area contributed by atoms with Gasteiger partial charge in [0.2, 0.25) is 5.91 Å². The summed E-state index contributed by atoms with van der Waals surface area (Å²) in [6, 6.07) is 2.83. The minimum Gasteiger partial charge on any atom is -0.363 e. The average Bonchev–Trinajstić information content (AvgIpc) is 2.99. The lowest BCUT2D eigenvalue weighted by Gasteiger charge is -2.34. The second kappa shape index (κ2) is 6.84. The molecule has 2 fully saturated rings. The highest BCUT2D eigenvalue weighted by Gasteiger charge is 2.43. The third-order valence-electron chi connectivity index (χ3n) is 4.74. The molecule has 6 nitrogen and oxygen atoms in total. The first kappa shape index (κ1) is 16.8. The van der Waals surface area contributed by atoms with E-state index in [2.05, 4.69) is 4.98 Å². The van der Waals surface area contributed by atoms with E-state index >= 15 is 0 Å². The molecule has 3 heterocycles. The molecule has 130 valence electrons. The Morgan fingerprint density at radius 1 is 1.42 bits per heavy atom. The first-order valence-electron chi connectivity index (χ1n) is 8.19. The lowest BCUT2D eigenvalue weighted by atomic mass is 9.91. The van der Waals surface area contributed by atoms with Gasteiger partial charge in [-0.25, -0.2) is 4.39 Å². The zero-order valence-corrected chi connectivity index (χ0v) is 13.9. The number of hydrogen-bond acceptors (Lipinski definition) is 4. The smallest absolute Gasteiger partial charge is 0.251 e. The molecule has 0 N–H and O–H groups in total. The maximum atomic E-state index is 12.9. The zero-order valence-electron chi connectivity index (χ0n) is 13.9. The van der Waals surface area contributed by atoms with E-state index in [0.29, 0.717) is 24.7 Å². The summed E-state index contributed by atoms with van der Waals surface area (Å²) in [7, 11) is 3.44. The maximum Gasteiger partial charge on any atom is 0.251 e. The topological polar surface area (TPSA) is 62.7 Å². The standard InChI is InChI=1S/C17H22FN3O3/c1-20(2)17(23)14-7-11-5-6-21(10-15(11)24-14)16(22)8-13-4-3-12(18)9-19-13/h3-4,9,11,14-15H,5-8,10H2,1-2H3/t11-,14+,15-/m0/s1. The minimum absolute atomic E-state index is 0.0159. The van der Waals surface area contributed by atoms with Crippen molar-refractivity contribution in [3.05, 3.63) is 29.8 Å². The Morgan fingerprint density at radius 3 is 2.88 bits per heavy atom. The van der Waals surface area contributed by atoms with Crippen molar-refractivity contribution in [2.75, 3.05) is 27.2 Å². The quantitative estimate of drug-likeness (QED) is 0.822. The highest BCUT2D eigenvalue weighted by atomic mass is 19.1. The summed E-state index contributed by atoms with van der Waals surface area (Å²) < 4.78 is 18.8. The van der Waals surface area contributed by atoms with Gasteiger partial charge in [-0.1, -0.05) is 0 Å². The molecule has 7 heteroatoms. The molecule has 2 aliphatic heterocycles. The van der Waals surface area contributed by atoms with E-state index < -0.39 is 11.9 Å². The Morgan fingerprint density at radius 2 is 2.21 bits per heavy atom. The number of rotatable bonds is 3. The number of likely N-dealkylation sites (N-methyl/N-ethyl adjacent to an activating group) is 1. The molecule has 0 unspecified atom stereocenters. The van der Waals surface area contributed by atoms with Gasteiger partial charge in [0, 0.05) is 32.9 Å². The SMILES string of the molecule is CN(C)C(=O)[C@H]1C[C@@H]2CCN(C(=O)Cc3ccc(F)cn3)C[C@@H]2O1. The van der Waals surface area contributed by atoms with Gasteiger partial charge in [0.25, 0.3) is 5.91 Å². The molecule has 0 aromatic carbocycles. The normalized spacial score (nSPS) is 26.1. The summed E-state index contributed by atoms with van der Waals surface area (Å²) in [4.78, 5) is 31.7. The van der Waals surface area contributed by atoms with Crippen LogP contribution < -0.4 is 0 Å². The van der Waals surface area contributed by atoms with E-state index in [1.54, 1.807) is 23.9 Å². The molecule has 24 heavy (non-hydrogen) atoms. The van der Waals surface area contributed by atoms with Crippen LogP contribution in [0.5, 0.6) is 0 Å². The van der Waals surface area contributed by atoms with Crippen molar-refractivity contribution >= 4 is 11.8 Å². The number of carbonyl (C=O) groups is 2. The Kier molecular flexibility index (Phi) is 4.80. The van der Waals surface area contributed by atoms with Crippen molar-refractivity contribution in [1.29, 1.82) is 0 Å². The molecule has 3 atom stereocenters. The van der Waals surface area contributed by atoms with Crippen LogP contribution in [0.2, 0.25) is 0 Å². The van der Waals surface area contributed by atoms with Gasteiger partial charge in [0.15, 0.2) is 0 Å². The van der Waals surface area contributed by atoms with Crippen molar-refractivity contribution in [3.63, 3.8) is 0 Å². The first-order valence-corrected chi connectivity index (χ1v) is 8.19. The molecule has 0 spiro atoms. The van der Waals surface area contributed by atoms with Gasteiger partial charge in [0.1, 0.15) is 11.9 Å². The van der Waals surface area contributed by atoms with Crippen LogP contribution in [-0.4, -0.2) is 66.0 Å². The van der Waals surface area contributed by atoms with Crippen LogP contribution in [0.15, 0.2) is 18.3 Å². The fraction of sp³-hybridized carbons (Fsp3) is 0.588. The van der Waals surface area contributed by atoms with E-state index in [-0.39, 0.29) is 24.3 Å². The van der Waals surface area contributed by atoms with E-state index in [9.17, 15) is 14.0 Å². The van der Waals surface area contributed by atoms with E-state index in [1.807, 2.05) is 0 Å². The molecule has 0 radical (unpaired) electrons. The van der Waals surface area contributed by atoms with E-state index in [1.165, 1.54) is 12.1 Å². The maximum absolute atomic E-state index is 12.9. The molecule has 2 saturated heterocycles. The number of likely N-dealkylation sites (tertiary alicyclic amines) is 1. The number of nitrogens with zero attached hydrogens (tertiary/aromatic N) is 3. The summed E-state index contributed by atoms with van der Waals surface area (Å²) >= 11 is 0. The van der Waals surface area contributed by atoms with Crippen molar-refractivity contribution < 1.29 is 18.7 Å². The number of amides is 2. The minimum atomic E-state index is -0.414. The lowest BCUT2D eigenvalue weighted by Crippen LogP contribution is -2.46. The van der Waals surface area contributed by atoms with Crippen LogP contribution in [0.3, 0.4) is 0 Å². The van der Waals surface area contributed by atoms with Crippen LogP contribution in [0.4, 0.5) is 4.39 Å². The Balaban J connectivity index is 1.57. The first-order chi connectivity index (χ1) is 11.4. The highest BCUT2D eigenvalue weighted by molar-refractivity contribution is 5.81. The van der Waals surface area contributed by atoms with Crippen LogP contribution >= 0.6 is 0 Å². The van der Waals surface area contributed by atoms with Gasteiger partial charge in [-0.15, -0.1) is 0 Å². The summed E-state index contributed by atoms with van der Waals surface area (Å²) in [6.07, 6.45) is 2.35. The number of carbonyl (C=O) groups excluding carboxylic acids is 2. The molecule has 2 aliphatic rings. The van der Waals surface area contributed by atoms with Crippen LogP contribution in [0.1, 0.15) is 18.5 Å². The second-order valence-electron chi connectivity index (χ2n) is 6.66. The van der Waals surface area contributed by atoms with E-state index in [0.717, 1.165) is 19.0 Å². The summed E-state index contributed by atoms with van der Waals surface area (Å²) in [6.45, 7) is 1.16.